The third-order valence-corrected chi connectivity index (χ3v) is 11.6. The molecule has 60 heavy (non-hydrogen) atoms. The van der Waals surface area contributed by atoms with Crippen molar-refractivity contribution in [3.63, 3.8) is 0 Å². The fraction of sp³-hybridized carbons (Fsp3) is 0.0345. The molecule has 10 rings (SSSR count). The lowest BCUT2D eigenvalue weighted by atomic mass is 9.91. The fourth-order valence-corrected chi connectivity index (χ4v) is 8.56. The summed E-state index contributed by atoms with van der Waals surface area (Å²) in [6, 6.07) is 82.9. The molecule has 0 spiro atoms. The highest BCUT2D eigenvalue weighted by atomic mass is 15.2. The molecule has 0 radical (unpaired) electrons. The lowest BCUT2D eigenvalue weighted by Gasteiger charge is -2.29. The molecule has 0 saturated carbocycles. The van der Waals surface area contributed by atoms with Gasteiger partial charge < -0.3 is 9.80 Å². The second-order valence-electron chi connectivity index (χ2n) is 15.3. The van der Waals surface area contributed by atoms with Gasteiger partial charge in [-0.05, 0) is 111 Å². The number of hydrogen-bond donors (Lipinski definition) is 0. The van der Waals surface area contributed by atoms with Crippen molar-refractivity contribution in [1.29, 1.82) is 0 Å². The summed E-state index contributed by atoms with van der Waals surface area (Å²) >= 11 is 0. The van der Waals surface area contributed by atoms with Crippen molar-refractivity contribution in [2.24, 2.45) is 0 Å². The van der Waals surface area contributed by atoms with Crippen LogP contribution in [0.5, 0.6) is 0 Å². The van der Waals surface area contributed by atoms with E-state index in [0.29, 0.717) is 5.92 Å². The van der Waals surface area contributed by atoms with Crippen LogP contribution in [0.25, 0.3) is 44.2 Å². The molecule has 1 aliphatic rings. The highest BCUT2D eigenvalue weighted by Gasteiger charge is 2.20. The Hall–Kier alpha value is -7.68. The van der Waals surface area contributed by atoms with Crippen LogP contribution in [-0.4, -0.2) is 0 Å². The van der Waals surface area contributed by atoms with Crippen LogP contribution in [-0.2, 0) is 0 Å². The molecule has 0 aromatic heterocycles. The molecule has 0 N–H and O–H groups in total. The van der Waals surface area contributed by atoms with Crippen LogP contribution in [0.2, 0.25) is 0 Å². The van der Waals surface area contributed by atoms with Gasteiger partial charge in [-0.3, -0.25) is 0 Å². The number of nitrogens with zero attached hydrogens (tertiary/aromatic N) is 2. The van der Waals surface area contributed by atoms with Crippen molar-refractivity contribution in [2.45, 2.75) is 12.3 Å². The third-order valence-electron chi connectivity index (χ3n) is 11.6. The number of allylic oxidation sites excluding steroid dienone is 3. The van der Waals surface area contributed by atoms with Crippen LogP contribution in [0, 0.1) is 0 Å². The number of para-hydroxylation sites is 1. The molecule has 0 amide bonds. The average Bonchev–Trinajstić information content (AvgIpc) is 3.34. The molecular formula is C58H44N2. The maximum atomic E-state index is 2.38. The van der Waals surface area contributed by atoms with E-state index in [4.69, 9.17) is 0 Å². The summed E-state index contributed by atoms with van der Waals surface area (Å²) in [5.41, 5.74) is 15.4. The second-order valence-corrected chi connectivity index (χ2v) is 15.3. The van der Waals surface area contributed by atoms with Crippen LogP contribution in [0.15, 0.2) is 254 Å². The first-order valence-electron chi connectivity index (χ1n) is 20.8. The van der Waals surface area contributed by atoms with E-state index in [-0.39, 0.29) is 0 Å². The van der Waals surface area contributed by atoms with E-state index in [2.05, 4.69) is 259 Å². The van der Waals surface area contributed by atoms with Gasteiger partial charge in [0.2, 0.25) is 0 Å². The summed E-state index contributed by atoms with van der Waals surface area (Å²) in [6.07, 6.45) is 7.97. The van der Waals surface area contributed by atoms with Gasteiger partial charge in [0, 0.05) is 39.8 Å². The first-order valence-corrected chi connectivity index (χ1v) is 20.8. The van der Waals surface area contributed by atoms with Gasteiger partial charge in [0.25, 0.3) is 0 Å². The van der Waals surface area contributed by atoms with Crippen LogP contribution < -0.4 is 9.80 Å². The molecule has 2 nitrogen and oxygen atoms in total. The molecular weight excluding hydrogens is 725 g/mol. The molecule has 1 aliphatic carbocycles. The highest BCUT2D eigenvalue weighted by Crippen LogP contribution is 2.43. The molecule has 0 fully saturated rings. The third kappa shape index (κ3) is 7.43. The Morgan fingerprint density at radius 2 is 0.767 bits per heavy atom. The molecule has 0 bridgehead atoms. The Balaban J connectivity index is 0.972. The van der Waals surface area contributed by atoms with Crippen molar-refractivity contribution < 1.29 is 0 Å². The lowest BCUT2D eigenvalue weighted by molar-refractivity contribution is 0.840. The first-order chi connectivity index (χ1) is 29.8. The largest absolute Gasteiger partial charge is 0.311 e. The van der Waals surface area contributed by atoms with E-state index >= 15 is 0 Å². The summed E-state index contributed by atoms with van der Waals surface area (Å²) in [4.78, 5) is 4.75. The Morgan fingerprint density at radius 1 is 0.333 bits per heavy atom. The van der Waals surface area contributed by atoms with Crippen molar-refractivity contribution in [3.8, 4) is 33.4 Å². The summed E-state index contributed by atoms with van der Waals surface area (Å²) in [5.74, 6) is 0.368. The van der Waals surface area contributed by atoms with Gasteiger partial charge in [-0.15, -0.1) is 0 Å². The fourth-order valence-electron chi connectivity index (χ4n) is 8.56. The number of hydrogen-bond acceptors (Lipinski definition) is 2. The minimum atomic E-state index is 0.368. The Kier molecular flexibility index (Phi) is 10.2. The lowest BCUT2D eigenvalue weighted by Crippen LogP contribution is -2.17. The normalized spacial score (nSPS) is 13.5. The zero-order chi connectivity index (χ0) is 40.1. The summed E-state index contributed by atoms with van der Waals surface area (Å²) < 4.78 is 0. The zero-order valence-electron chi connectivity index (χ0n) is 33.4. The number of anilines is 5. The molecule has 9 aromatic rings. The van der Waals surface area contributed by atoms with Crippen LogP contribution in [0.3, 0.4) is 0 Å². The van der Waals surface area contributed by atoms with E-state index in [9.17, 15) is 0 Å². The van der Waals surface area contributed by atoms with Gasteiger partial charge in [-0.2, -0.15) is 0 Å². The Labute approximate surface area is 353 Å². The predicted octanol–water partition coefficient (Wildman–Crippen LogP) is 16.1. The van der Waals surface area contributed by atoms with E-state index in [1.165, 1.54) is 55.4 Å². The van der Waals surface area contributed by atoms with Gasteiger partial charge in [0.1, 0.15) is 0 Å². The SMILES string of the molecule is C1=CC(c2ccccc2)CC=C1N(c1ccc(-c2ccccc2)cc1)c1ccc(-c2ccc(N(c3ccccc3)c3ccc(-c4ccccc4)c4ccccc34)cc2)cc1. The van der Waals surface area contributed by atoms with Gasteiger partial charge in [0.05, 0.1) is 5.69 Å². The van der Waals surface area contributed by atoms with Crippen molar-refractivity contribution >= 4 is 39.2 Å². The Morgan fingerprint density at radius 3 is 1.30 bits per heavy atom. The van der Waals surface area contributed by atoms with Crippen LogP contribution >= 0.6 is 0 Å². The summed E-state index contributed by atoms with van der Waals surface area (Å²) in [6.45, 7) is 0. The zero-order valence-corrected chi connectivity index (χ0v) is 33.4. The minimum Gasteiger partial charge on any atom is -0.311 e. The number of fused-ring (bicyclic) bond motifs is 1. The molecule has 286 valence electrons. The van der Waals surface area contributed by atoms with Crippen LogP contribution in [0.4, 0.5) is 28.4 Å². The van der Waals surface area contributed by atoms with Gasteiger partial charge in [-0.1, -0.05) is 188 Å². The van der Waals surface area contributed by atoms with Gasteiger partial charge >= 0.3 is 0 Å². The van der Waals surface area contributed by atoms with E-state index in [1.807, 2.05) is 0 Å². The van der Waals surface area contributed by atoms with Crippen LogP contribution in [0.1, 0.15) is 17.9 Å². The molecule has 1 unspecified atom stereocenters. The first kappa shape index (κ1) is 36.6. The molecule has 0 saturated heterocycles. The van der Waals surface area contributed by atoms with Gasteiger partial charge in [0.15, 0.2) is 0 Å². The maximum absolute atomic E-state index is 2.38. The quantitative estimate of drug-likeness (QED) is 0.137. The Bertz CT molecular complexity index is 2900. The number of rotatable bonds is 10. The predicted molar refractivity (Wildman–Crippen MR) is 255 cm³/mol. The summed E-state index contributed by atoms with van der Waals surface area (Å²) in [5, 5.41) is 2.44. The molecule has 2 heteroatoms. The van der Waals surface area contributed by atoms with Crippen molar-refractivity contribution in [2.75, 3.05) is 9.80 Å². The molecule has 1 atom stereocenters. The number of benzene rings is 9. The maximum Gasteiger partial charge on any atom is 0.0540 e. The standard InChI is InChI=1S/C58H44N2/c1-5-15-43(16-6-1)45-25-33-51(34-26-45)59(52-35-27-46(28-36-52)44-17-7-2-8-18-44)53-37-29-47(30-38-53)48-31-39-54(40-32-48)60(50-21-11-4-12-22-50)58-42-41-55(49-19-9-3-10-20-49)56-23-13-14-24-57(56)58/h1-27,29-42,46H,28H2. The molecule has 9 aromatic carbocycles. The average molecular weight is 769 g/mol. The molecule has 0 heterocycles. The minimum absolute atomic E-state index is 0.368. The molecule has 0 aliphatic heterocycles. The second kappa shape index (κ2) is 16.7. The van der Waals surface area contributed by atoms with E-state index < -0.39 is 0 Å². The monoisotopic (exact) mass is 768 g/mol. The topological polar surface area (TPSA) is 6.48 Å². The van der Waals surface area contributed by atoms with E-state index in [0.717, 1.165) is 34.9 Å². The van der Waals surface area contributed by atoms with Crippen molar-refractivity contribution in [3.05, 3.63) is 260 Å². The summed E-state index contributed by atoms with van der Waals surface area (Å²) in [7, 11) is 0. The van der Waals surface area contributed by atoms with E-state index in [1.54, 1.807) is 0 Å². The highest BCUT2D eigenvalue weighted by molar-refractivity contribution is 6.06. The van der Waals surface area contributed by atoms with Crippen molar-refractivity contribution in [1.82, 2.24) is 0 Å². The smallest absolute Gasteiger partial charge is 0.0540 e. The van der Waals surface area contributed by atoms with Gasteiger partial charge in [-0.25, -0.2) is 0 Å².